The van der Waals surface area contributed by atoms with Crippen molar-refractivity contribution >= 4 is 21.8 Å². The minimum atomic E-state index is -3.58. The average Bonchev–Trinajstić information content (AvgIpc) is 2.90. The zero-order chi connectivity index (χ0) is 18.7. The van der Waals surface area contributed by atoms with Gasteiger partial charge in [0.15, 0.2) is 0 Å². The Bertz CT molecular complexity index is 870. The van der Waals surface area contributed by atoms with Crippen molar-refractivity contribution in [3.63, 3.8) is 0 Å². The van der Waals surface area contributed by atoms with Gasteiger partial charge in [-0.25, -0.2) is 17.2 Å². The van der Waals surface area contributed by atoms with Crippen LogP contribution in [0.5, 0.6) is 0 Å². The van der Waals surface area contributed by atoms with Crippen LogP contribution in [0, 0.1) is 11.6 Å². The molecule has 0 amide bonds. The second-order valence-corrected chi connectivity index (χ2v) is 9.46. The largest absolute Gasteiger partial charge is 0.243 e. The van der Waals surface area contributed by atoms with Gasteiger partial charge in [0.25, 0.3) is 0 Å². The van der Waals surface area contributed by atoms with Crippen molar-refractivity contribution in [3.8, 4) is 0 Å². The standard InChI is InChI=1S/C19H21F2NO2S2/c1-2-14-3-6-16(7-4-14)26(23,24)22-10-9-19(25-12-11-22)17-13-15(20)5-8-18(17)21/h3-8,13,19H,2,9-12H2,1H3. The summed E-state index contributed by atoms with van der Waals surface area (Å²) in [5.74, 6) is -0.394. The summed E-state index contributed by atoms with van der Waals surface area (Å²) in [7, 11) is -3.58. The molecule has 7 heteroatoms. The zero-order valence-electron chi connectivity index (χ0n) is 14.5. The fraction of sp³-hybridized carbons (Fsp3) is 0.368. The maximum Gasteiger partial charge on any atom is 0.243 e. The molecule has 0 bridgehead atoms. The van der Waals surface area contributed by atoms with E-state index in [2.05, 4.69) is 0 Å². The summed E-state index contributed by atoms with van der Waals surface area (Å²) in [5, 5.41) is -0.256. The van der Waals surface area contributed by atoms with E-state index in [0.29, 0.717) is 24.3 Å². The van der Waals surface area contributed by atoms with Crippen molar-refractivity contribution in [1.29, 1.82) is 0 Å². The van der Waals surface area contributed by atoms with Crippen molar-refractivity contribution in [2.24, 2.45) is 0 Å². The molecule has 1 fully saturated rings. The lowest BCUT2D eigenvalue weighted by Gasteiger charge is -2.20. The van der Waals surface area contributed by atoms with Crippen molar-refractivity contribution in [1.82, 2.24) is 4.31 Å². The van der Waals surface area contributed by atoms with Gasteiger partial charge in [-0.15, -0.1) is 0 Å². The van der Waals surface area contributed by atoms with Crippen LogP contribution in [0.3, 0.4) is 0 Å². The third kappa shape index (κ3) is 4.10. The molecule has 1 unspecified atom stereocenters. The van der Waals surface area contributed by atoms with Gasteiger partial charge < -0.3 is 0 Å². The fourth-order valence-electron chi connectivity index (χ4n) is 3.05. The second-order valence-electron chi connectivity index (χ2n) is 6.22. The molecule has 26 heavy (non-hydrogen) atoms. The third-order valence-corrected chi connectivity index (χ3v) is 7.80. The van der Waals surface area contributed by atoms with E-state index in [0.717, 1.165) is 24.1 Å². The average molecular weight is 398 g/mol. The molecule has 140 valence electrons. The highest BCUT2D eigenvalue weighted by atomic mass is 32.2. The van der Waals surface area contributed by atoms with Crippen LogP contribution >= 0.6 is 11.8 Å². The number of halogens is 2. The van der Waals surface area contributed by atoms with Crippen molar-refractivity contribution in [3.05, 3.63) is 65.2 Å². The van der Waals surface area contributed by atoms with Gasteiger partial charge in [0.1, 0.15) is 11.6 Å². The molecule has 2 aromatic rings. The summed E-state index contributed by atoms with van der Waals surface area (Å²) >= 11 is 1.47. The number of rotatable bonds is 4. The molecule has 1 aliphatic heterocycles. The first-order valence-electron chi connectivity index (χ1n) is 8.57. The van der Waals surface area contributed by atoms with E-state index >= 15 is 0 Å². The predicted molar refractivity (Wildman–Crippen MR) is 101 cm³/mol. The van der Waals surface area contributed by atoms with Crippen LogP contribution in [-0.4, -0.2) is 31.6 Å². The highest BCUT2D eigenvalue weighted by Crippen LogP contribution is 2.37. The molecule has 1 aliphatic rings. The molecule has 2 aromatic carbocycles. The molecule has 0 aliphatic carbocycles. The van der Waals surface area contributed by atoms with Crippen LogP contribution in [0.15, 0.2) is 47.4 Å². The first-order valence-corrected chi connectivity index (χ1v) is 11.1. The molecule has 3 nitrogen and oxygen atoms in total. The minimum Gasteiger partial charge on any atom is -0.207 e. The van der Waals surface area contributed by atoms with Crippen LogP contribution in [0.2, 0.25) is 0 Å². The van der Waals surface area contributed by atoms with Crippen molar-refractivity contribution in [2.75, 3.05) is 18.8 Å². The second kappa shape index (κ2) is 8.06. The smallest absolute Gasteiger partial charge is 0.207 e. The van der Waals surface area contributed by atoms with Gasteiger partial charge >= 0.3 is 0 Å². The summed E-state index contributed by atoms with van der Waals surface area (Å²) in [6.45, 7) is 2.66. The number of benzene rings is 2. The Kier molecular flexibility index (Phi) is 5.99. The normalized spacial score (nSPS) is 19.3. The monoisotopic (exact) mass is 397 g/mol. The number of hydrogen-bond donors (Lipinski definition) is 0. The van der Waals surface area contributed by atoms with Gasteiger partial charge in [-0.1, -0.05) is 19.1 Å². The van der Waals surface area contributed by atoms with Crippen LogP contribution in [-0.2, 0) is 16.4 Å². The first kappa shape index (κ1) is 19.3. The summed E-state index contributed by atoms with van der Waals surface area (Å²) in [5.41, 5.74) is 1.39. The summed E-state index contributed by atoms with van der Waals surface area (Å²) in [6.07, 6.45) is 1.29. The van der Waals surface area contributed by atoms with Crippen LogP contribution in [0.25, 0.3) is 0 Å². The van der Waals surface area contributed by atoms with E-state index in [1.807, 2.05) is 19.1 Å². The van der Waals surface area contributed by atoms with Crippen molar-refractivity contribution in [2.45, 2.75) is 29.9 Å². The predicted octanol–water partition coefficient (Wildman–Crippen LogP) is 4.40. The number of sulfonamides is 1. The molecule has 0 saturated carbocycles. The first-order chi connectivity index (χ1) is 12.4. The van der Waals surface area contributed by atoms with E-state index in [-0.39, 0.29) is 16.7 Å². The molecule has 0 radical (unpaired) electrons. The highest BCUT2D eigenvalue weighted by Gasteiger charge is 2.29. The van der Waals surface area contributed by atoms with Crippen LogP contribution in [0.4, 0.5) is 8.78 Å². The Labute approximate surface area is 157 Å². The molecular formula is C19H21F2NO2S2. The Morgan fingerprint density at radius 3 is 2.54 bits per heavy atom. The lowest BCUT2D eigenvalue weighted by Crippen LogP contribution is -2.33. The molecule has 0 aromatic heterocycles. The fourth-order valence-corrected chi connectivity index (χ4v) is 5.86. The van der Waals surface area contributed by atoms with E-state index in [9.17, 15) is 17.2 Å². The number of nitrogens with zero attached hydrogens (tertiary/aromatic N) is 1. The lowest BCUT2D eigenvalue weighted by atomic mass is 10.1. The third-order valence-electron chi connectivity index (χ3n) is 4.57. The van der Waals surface area contributed by atoms with Gasteiger partial charge in [-0.2, -0.15) is 16.1 Å². The summed E-state index contributed by atoms with van der Waals surface area (Å²) in [4.78, 5) is 0.273. The Morgan fingerprint density at radius 1 is 1.12 bits per heavy atom. The van der Waals surface area contributed by atoms with E-state index in [1.165, 1.54) is 22.1 Å². The summed E-state index contributed by atoms with van der Waals surface area (Å²) in [6, 6.07) is 10.3. The van der Waals surface area contributed by atoms with Gasteiger partial charge in [-0.05, 0) is 48.7 Å². The Hall–Kier alpha value is -1.44. The quantitative estimate of drug-likeness (QED) is 0.768. The topological polar surface area (TPSA) is 37.4 Å². The maximum atomic E-state index is 14.0. The molecule has 1 heterocycles. The zero-order valence-corrected chi connectivity index (χ0v) is 16.1. The minimum absolute atomic E-state index is 0.256. The maximum absolute atomic E-state index is 14.0. The highest BCUT2D eigenvalue weighted by molar-refractivity contribution is 7.99. The number of thioether (sulfide) groups is 1. The SMILES string of the molecule is CCc1ccc(S(=O)(=O)N2CCSC(c3cc(F)ccc3F)CC2)cc1. The summed E-state index contributed by atoms with van der Waals surface area (Å²) < 4.78 is 54.7. The van der Waals surface area contributed by atoms with E-state index in [4.69, 9.17) is 0 Å². The molecule has 0 spiro atoms. The van der Waals surface area contributed by atoms with E-state index in [1.54, 1.807) is 12.1 Å². The molecule has 1 atom stereocenters. The Balaban J connectivity index is 1.78. The van der Waals surface area contributed by atoms with Gasteiger partial charge in [0.2, 0.25) is 10.0 Å². The number of aryl methyl sites for hydroxylation is 1. The number of hydrogen-bond acceptors (Lipinski definition) is 3. The molecular weight excluding hydrogens is 376 g/mol. The molecule has 3 rings (SSSR count). The molecule has 0 N–H and O–H groups in total. The van der Waals surface area contributed by atoms with Gasteiger partial charge in [0.05, 0.1) is 4.90 Å². The van der Waals surface area contributed by atoms with Crippen molar-refractivity contribution < 1.29 is 17.2 Å². The van der Waals surface area contributed by atoms with Crippen LogP contribution in [0.1, 0.15) is 29.7 Å². The van der Waals surface area contributed by atoms with Gasteiger partial charge in [0, 0.05) is 29.7 Å². The molecule has 1 saturated heterocycles. The lowest BCUT2D eigenvalue weighted by molar-refractivity contribution is 0.426. The van der Waals surface area contributed by atoms with E-state index < -0.39 is 21.7 Å². The van der Waals surface area contributed by atoms with Crippen LogP contribution < -0.4 is 0 Å². The Morgan fingerprint density at radius 2 is 1.85 bits per heavy atom. The van der Waals surface area contributed by atoms with Gasteiger partial charge in [-0.3, -0.25) is 0 Å².